The van der Waals surface area contributed by atoms with Gasteiger partial charge in [0.1, 0.15) is 12.4 Å². The molecule has 8 heteroatoms. The van der Waals surface area contributed by atoms with Crippen molar-refractivity contribution in [1.82, 2.24) is 19.8 Å². The molecule has 0 bridgehead atoms. The zero-order valence-corrected chi connectivity index (χ0v) is 21.6. The Kier molecular flexibility index (Phi) is 8.03. The standard InChI is InChI=1S/C30H28ClN5O2/c31-26-8-4-7-23(13-26)17-35(29-11-12-34-30(29)37)19-27-16-33-21-36(27)18-25-14-28(10-9-24(25)15-32)38-20-22-5-2-1-3-6-22/h1-10,13-14,16,21,29H,11-12,17-20H2,(H,34,37). The Labute approximate surface area is 227 Å². The Morgan fingerprint density at radius 2 is 1.92 bits per heavy atom. The number of hydrogen-bond acceptors (Lipinski definition) is 5. The van der Waals surface area contributed by atoms with Gasteiger partial charge in [-0.15, -0.1) is 0 Å². The molecule has 38 heavy (non-hydrogen) atoms. The topological polar surface area (TPSA) is 83.2 Å². The third-order valence-electron chi connectivity index (χ3n) is 6.68. The van der Waals surface area contributed by atoms with Crippen molar-refractivity contribution in [3.63, 3.8) is 0 Å². The van der Waals surface area contributed by atoms with Crippen molar-refractivity contribution in [3.05, 3.63) is 118 Å². The molecular formula is C30H28ClN5O2. The van der Waals surface area contributed by atoms with Crippen LogP contribution in [-0.4, -0.2) is 32.9 Å². The monoisotopic (exact) mass is 525 g/mol. The fraction of sp³-hybridized carbons (Fsp3) is 0.233. The number of nitrogens with zero attached hydrogens (tertiary/aromatic N) is 4. The maximum atomic E-state index is 12.6. The number of rotatable bonds is 10. The largest absolute Gasteiger partial charge is 0.489 e. The maximum absolute atomic E-state index is 12.6. The number of amides is 1. The van der Waals surface area contributed by atoms with Crippen molar-refractivity contribution in [1.29, 1.82) is 5.26 Å². The molecule has 1 fully saturated rings. The molecule has 1 aliphatic rings. The zero-order valence-electron chi connectivity index (χ0n) is 20.9. The van der Waals surface area contributed by atoms with E-state index in [1.165, 1.54) is 0 Å². The molecule has 5 rings (SSSR count). The van der Waals surface area contributed by atoms with Crippen molar-refractivity contribution in [2.45, 2.75) is 38.7 Å². The molecule has 4 aromatic rings. The molecule has 1 amide bonds. The molecule has 1 unspecified atom stereocenters. The van der Waals surface area contributed by atoms with Gasteiger partial charge in [-0.25, -0.2) is 4.98 Å². The molecule has 2 heterocycles. The highest BCUT2D eigenvalue weighted by Gasteiger charge is 2.31. The second kappa shape index (κ2) is 12.0. The summed E-state index contributed by atoms with van der Waals surface area (Å²) in [5.74, 6) is 0.739. The first kappa shape index (κ1) is 25.5. The molecule has 0 saturated carbocycles. The quantitative estimate of drug-likeness (QED) is 0.317. The van der Waals surface area contributed by atoms with Crippen LogP contribution in [0.3, 0.4) is 0 Å². The highest BCUT2D eigenvalue weighted by molar-refractivity contribution is 6.30. The molecule has 1 saturated heterocycles. The highest BCUT2D eigenvalue weighted by atomic mass is 35.5. The number of imidazole rings is 1. The normalized spacial score (nSPS) is 14.9. The van der Waals surface area contributed by atoms with Gasteiger partial charge in [0.25, 0.3) is 0 Å². The van der Waals surface area contributed by atoms with Crippen molar-refractivity contribution >= 4 is 17.5 Å². The first-order valence-corrected chi connectivity index (χ1v) is 12.9. The summed E-state index contributed by atoms with van der Waals surface area (Å²) >= 11 is 6.22. The van der Waals surface area contributed by atoms with Gasteiger partial charge < -0.3 is 14.6 Å². The van der Waals surface area contributed by atoms with E-state index in [9.17, 15) is 10.1 Å². The van der Waals surface area contributed by atoms with Gasteiger partial charge in [-0.05, 0) is 53.4 Å². The third kappa shape index (κ3) is 6.23. The van der Waals surface area contributed by atoms with E-state index in [2.05, 4.69) is 21.3 Å². The van der Waals surface area contributed by atoms with Gasteiger partial charge in [-0.3, -0.25) is 9.69 Å². The second-order valence-corrected chi connectivity index (χ2v) is 9.78. The van der Waals surface area contributed by atoms with Gasteiger partial charge in [-0.1, -0.05) is 54.1 Å². The van der Waals surface area contributed by atoms with Gasteiger partial charge >= 0.3 is 0 Å². The van der Waals surface area contributed by atoms with Crippen LogP contribution in [-0.2, 0) is 31.0 Å². The number of benzene rings is 3. The van der Waals surface area contributed by atoms with Crippen LogP contribution in [0.15, 0.2) is 85.3 Å². The number of carbonyl (C=O) groups excluding carboxylic acids is 1. The SMILES string of the molecule is N#Cc1ccc(OCc2ccccc2)cc1Cn1cncc1CN(Cc1cccc(Cl)c1)C1CCNC1=O. The zero-order chi connectivity index (χ0) is 26.3. The first-order valence-electron chi connectivity index (χ1n) is 12.5. The molecule has 1 N–H and O–H groups in total. The van der Waals surface area contributed by atoms with E-state index in [0.29, 0.717) is 49.1 Å². The molecule has 3 aromatic carbocycles. The van der Waals surface area contributed by atoms with Gasteiger partial charge in [0.05, 0.1) is 36.2 Å². The molecule has 1 aromatic heterocycles. The molecular weight excluding hydrogens is 498 g/mol. The van der Waals surface area contributed by atoms with E-state index in [4.69, 9.17) is 16.3 Å². The Hall–Kier alpha value is -4.12. The van der Waals surface area contributed by atoms with Gasteiger partial charge in [0.2, 0.25) is 5.91 Å². The summed E-state index contributed by atoms with van der Waals surface area (Å²) in [4.78, 5) is 19.2. The van der Waals surface area contributed by atoms with Crippen LogP contribution in [0.2, 0.25) is 5.02 Å². The summed E-state index contributed by atoms with van der Waals surface area (Å²) in [6.07, 6.45) is 4.33. The number of ether oxygens (including phenoxy) is 1. The summed E-state index contributed by atoms with van der Waals surface area (Å²) in [5, 5.41) is 13.4. The lowest BCUT2D eigenvalue weighted by Crippen LogP contribution is -2.40. The smallest absolute Gasteiger partial charge is 0.237 e. The number of halogens is 1. The average Bonchev–Trinajstić information content (AvgIpc) is 3.56. The van der Waals surface area contributed by atoms with Gasteiger partial charge in [-0.2, -0.15) is 5.26 Å². The van der Waals surface area contributed by atoms with E-state index in [0.717, 1.165) is 28.8 Å². The summed E-state index contributed by atoms with van der Waals surface area (Å²) in [6, 6.07) is 25.3. The number of nitriles is 1. The third-order valence-corrected chi connectivity index (χ3v) is 6.92. The fourth-order valence-electron chi connectivity index (χ4n) is 4.73. The summed E-state index contributed by atoms with van der Waals surface area (Å²) in [6.45, 7) is 2.68. The van der Waals surface area contributed by atoms with Gasteiger partial charge in [0, 0.05) is 30.9 Å². The Morgan fingerprint density at radius 1 is 1.08 bits per heavy atom. The molecule has 7 nitrogen and oxygen atoms in total. The van der Waals surface area contributed by atoms with Crippen molar-refractivity contribution in [3.8, 4) is 11.8 Å². The van der Waals surface area contributed by atoms with Crippen molar-refractivity contribution in [2.24, 2.45) is 0 Å². The molecule has 1 aliphatic heterocycles. The van der Waals surface area contributed by atoms with Crippen LogP contribution in [0.1, 0.15) is 34.4 Å². The molecule has 1 atom stereocenters. The Morgan fingerprint density at radius 3 is 2.68 bits per heavy atom. The van der Waals surface area contributed by atoms with E-state index >= 15 is 0 Å². The van der Waals surface area contributed by atoms with Crippen LogP contribution in [0, 0.1) is 11.3 Å². The minimum Gasteiger partial charge on any atom is -0.489 e. The van der Waals surface area contributed by atoms with Gasteiger partial charge in [0.15, 0.2) is 0 Å². The average molecular weight is 526 g/mol. The highest BCUT2D eigenvalue weighted by Crippen LogP contribution is 2.23. The Balaban J connectivity index is 1.35. The minimum atomic E-state index is -0.235. The van der Waals surface area contributed by atoms with Crippen molar-refractivity contribution < 1.29 is 9.53 Å². The predicted octanol–water partition coefficient (Wildman–Crippen LogP) is 4.93. The van der Waals surface area contributed by atoms with Crippen LogP contribution in [0.4, 0.5) is 0 Å². The van der Waals surface area contributed by atoms with E-state index < -0.39 is 0 Å². The number of hydrogen-bond donors (Lipinski definition) is 1. The molecule has 0 radical (unpaired) electrons. The fourth-order valence-corrected chi connectivity index (χ4v) is 4.94. The van der Waals surface area contributed by atoms with Crippen molar-refractivity contribution in [2.75, 3.05) is 6.54 Å². The van der Waals surface area contributed by atoms with Crippen LogP contribution in [0.25, 0.3) is 0 Å². The van der Waals surface area contributed by atoms with Crippen LogP contribution in [0.5, 0.6) is 5.75 Å². The lowest BCUT2D eigenvalue weighted by atomic mass is 10.1. The van der Waals surface area contributed by atoms with E-state index in [-0.39, 0.29) is 11.9 Å². The number of carbonyl (C=O) groups is 1. The van der Waals surface area contributed by atoms with E-state index in [1.807, 2.05) is 77.5 Å². The lowest BCUT2D eigenvalue weighted by molar-refractivity contribution is -0.124. The predicted molar refractivity (Wildman–Crippen MR) is 145 cm³/mol. The summed E-state index contributed by atoms with van der Waals surface area (Å²) in [5.41, 5.74) is 4.50. The molecule has 192 valence electrons. The minimum absolute atomic E-state index is 0.0353. The molecule has 0 spiro atoms. The summed E-state index contributed by atoms with van der Waals surface area (Å²) in [7, 11) is 0. The van der Waals surface area contributed by atoms with Crippen LogP contribution < -0.4 is 10.1 Å². The maximum Gasteiger partial charge on any atom is 0.237 e. The lowest BCUT2D eigenvalue weighted by Gasteiger charge is -2.27. The van der Waals surface area contributed by atoms with E-state index in [1.54, 1.807) is 12.4 Å². The number of nitrogens with one attached hydrogen (secondary N) is 1. The Bertz CT molecular complexity index is 1450. The number of aromatic nitrogens is 2. The van der Waals surface area contributed by atoms with Crippen LogP contribution >= 0.6 is 11.6 Å². The summed E-state index contributed by atoms with van der Waals surface area (Å²) < 4.78 is 8.03. The molecule has 0 aliphatic carbocycles. The first-order chi connectivity index (χ1) is 18.6. The second-order valence-electron chi connectivity index (χ2n) is 9.35.